The highest BCUT2D eigenvalue weighted by molar-refractivity contribution is 9.10. The second kappa shape index (κ2) is 3.54. The molecule has 0 spiro atoms. The van der Waals surface area contributed by atoms with E-state index in [0.29, 0.717) is 0 Å². The summed E-state index contributed by atoms with van der Waals surface area (Å²) < 4.78 is 1.10. The van der Waals surface area contributed by atoms with Gasteiger partial charge in [-0.15, -0.1) is 0 Å². The highest BCUT2D eigenvalue weighted by atomic mass is 79.9. The predicted octanol–water partition coefficient (Wildman–Crippen LogP) is 2.10. The van der Waals surface area contributed by atoms with Crippen LogP contribution in [0.3, 0.4) is 0 Å². The molecular weight excluding hydrogens is 216 g/mol. The molecule has 2 rings (SSSR count). The fourth-order valence-electron chi connectivity index (χ4n) is 1.09. The average molecular weight is 227 g/mol. The Bertz CT molecular complexity index is 271. The van der Waals surface area contributed by atoms with Gasteiger partial charge in [0.15, 0.2) is 0 Å². The molecule has 1 saturated carbocycles. The molecule has 0 bridgehead atoms. The molecule has 0 aliphatic heterocycles. The van der Waals surface area contributed by atoms with Crippen molar-refractivity contribution in [3.63, 3.8) is 0 Å². The van der Waals surface area contributed by atoms with Crippen molar-refractivity contribution < 1.29 is 0 Å². The van der Waals surface area contributed by atoms with Crippen molar-refractivity contribution in [3.8, 4) is 0 Å². The zero-order chi connectivity index (χ0) is 8.39. The van der Waals surface area contributed by atoms with Crippen LogP contribution in [-0.2, 0) is 6.54 Å². The van der Waals surface area contributed by atoms with Gasteiger partial charge in [0.25, 0.3) is 0 Å². The third-order valence-electron chi connectivity index (χ3n) is 2.01. The van der Waals surface area contributed by atoms with Gasteiger partial charge in [-0.1, -0.05) is 0 Å². The highest BCUT2D eigenvalue weighted by Gasteiger charge is 2.20. The van der Waals surface area contributed by atoms with E-state index in [2.05, 4.69) is 26.2 Å². The minimum Gasteiger partial charge on any atom is -0.310 e. The minimum atomic E-state index is 0.769. The van der Waals surface area contributed by atoms with Crippen molar-refractivity contribution in [2.75, 3.05) is 0 Å². The van der Waals surface area contributed by atoms with Gasteiger partial charge >= 0.3 is 0 Å². The van der Waals surface area contributed by atoms with Gasteiger partial charge in [0.2, 0.25) is 0 Å². The SMILES string of the molecule is Brc1cnccc1CNC1CC1. The van der Waals surface area contributed by atoms with Crippen molar-refractivity contribution in [1.29, 1.82) is 0 Å². The number of nitrogens with one attached hydrogen (secondary N) is 1. The van der Waals surface area contributed by atoms with Gasteiger partial charge in [-0.2, -0.15) is 0 Å². The Labute approximate surface area is 80.5 Å². The monoisotopic (exact) mass is 226 g/mol. The molecule has 1 aromatic heterocycles. The van der Waals surface area contributed by atoms with E-state index in [4.69, 9.17) is 0 Å². The van der Waals surface area contributed by atoms with Crippen LogP contribution < -0.4 is 5.32 Å². The average Bonchev–Trinajstić information content (AvgIpc) is 2.86. The van der Waals surface area contributed by atoms with Crippen LogP contribution in [0.25, 0.3) is 0 Å². The molecule has 2 nitrogen and oxygen atoms in total. The van der Waals surface area contributed by atoms with Crippen LogP contribution in [0.1, 0.15) is 18.4 Å². The maximum absolute atomic E-state index is 4.01. The molecular formula is C9H11BrN2. The second-order valence-electron chi connectivity index (χ2n) is 3.12. The molecule has 0 saturated heterocycles. The summed E-state index contributed by atoms with van der Waals surface area (Å²) in [6.45, 7) is 0.952. The molecule has 3 heteroatoms. The summed E-state index contributed by atoms with van der Waals surface area (Å²) in [5.41, 5.74) is 1.29. The Kier molecular flexibility index (Phi) is 2.42. The first kappa shape index (κ1) is 8.20. The number of nitrogens with zero attached hydrogens (tertiary/aromatic N) is 1. The van der Waals surface area contributed by atoms with Crippen LogP contribution in [0, 0.1) is 0 Å². The lowest BCUT2D eigenvalue weighted by Crippen LogP contribution is -2.15. The van der Waals surface area contributed by atoms with Crippen LogP contribution >= 0.6 is 15.9 Å². The summed E-state index contributed by atoms with van der Waals surface area (Å²) >= 11 is 3.46. The fourth-order valence-corrected chi connectivity index (χ4v) is 1.48. The molecule has 1 aliphatic carbocycles. The molecule has 0 amide bonds. The largest absolute Gasteiger partial charge is 0.310 e. The molecule has 0 radical (unpaired) electrons. The minimum absolute atomic E-state index is 0.769. The summed E-state index contributed by atoms with van der Waals surface area (Å²) in [4.78, 5) is 4.01. The lowest BCUT2D eigenvalue weighted by Gasteiger charge is -2.03. The van der Waals surface area contributed by atoms with Crippen LogP contribution in [0.4, 0.5) is 0 Å². The Hall–Kier alpha value is -0.410. The number of hydrogen-bond donors (Lipinski definition) is 1. The lowest BCUT2D eigenvalue weighted by atomic mass is 10.3. The van der Waals surface area contributed by atoms with Crippen molar-refractivity contribution in [2.45, 2.75) is 25.4 Å². The van der Waals surface area contributed by atoms with Gasteiger partial charge in [-0.3, -0.25) is 4.98 Å². The first-order chi connectivity index (χ1) is 5.86. The molecule has 0 atom stereocenters. The summed E-state index contributed by atoms with van der Waals surface area (Å²) in [7, 11) is 0. The third-order valence-corrected chi connectivity index (χ3v) is 2.73. The zero-order valence-corrected chi connectivity index (χ0v) is 8.34. The number of aromatic nitrogens is 1. The van der Waals surface area contributed by atoms with Gasteiger partial charge in [-0.25, -0.2) is 0 Å². The van der Waals surface area contributed by atoms with Gasteiger partial charge in [0.05, 0.1) is 0 Å². The van der Waals surface area contributed by atoms with Crippen molar-refractivity contribution >= 4 is 15.9 Å². The summed E-state index contributed by atoms with van der Waals surface area (Å²) in [6, 6.07) is 2.81. The van der Waals surface area contributed by atoms with Gasteiger partial charge in [0, 0.05) is 29.5 Å². The quantitative estimate of drug-likeness (QED) is 0.855. The lowest BCUT2D eigenvalue weighted by molar-refractivity contribution is 0.685. The Morgan fingerprint density at radius 2 is 2.42 bits per heavy atom. The predicted molar refractivity (Wildman–Crippen MR) is 51.8 cm³/mol. The fraction of sp³-hybridized carbons (Fsp3) is 0.444. The first-order valence-electron chi connectivity index (χ1n) is 4.18. The Morgan fingerprint density at radius 3 is 3.08 bits per heavy atom. The van der Waals surface area contributed by atoms with Gasteiger partial charge < -0.3 is 5.32 Å². The normalized spacial score (nSPS) is 16.4. The number of halogens is 1. The van der Waals surface area contributed by atoms with Crippen molar-refractivity contribution in [3.05, 3.63) is 28.5 Å². The van der Waals surface area contributed by atoms with Crippen LogP contribution in [0.15, 0.2) is 22.9 Å². The topological polar surface area (TPSA) is 24.9 Å². The maximum Gasteiger partial charge on any atom is 0.0413 e. The van der Waals surface area contributed by atoms with E-state index >= 15 is 0 Å². The summed E-state index contributed by atoms with van der Waals surface area (Å²) in [5, 5.41) is 3.46. The third kappa shape index (κ3) is 2.05. The first-order valence-corrected chi connectivity index (χ1v) is 4.97. The molecule has 0 aromatic carbocycles. The Morgan fingerprint density at radius 1 is 1.58 bits per heavy atom. The van der Waals surface area contributed by atoms with E-state index in [1.165, 1.54) is 18.4 Å². The summed E-state index contributed by atoms with van der Waals surface area (Å²) in [5.74, 6) is 0. The van der Waals surface area contributed by atoms with Gasteiger partial charge in [0.1, 0.15) is 0 Å². The zero-order valence-electron chi connectivity index (χ0n) is 6.76. The van der Waals surface area contributed by atoms with E-state index in [0.717, 1.165) is 17.1 Å². The summed E-state index contributed by atoms with van der Waals surface area (Å²) in [6.07, 6.45) is 6.34. The van der Waals surface area contributed by atoms with E-state index in [1.807, 2.05) is 18.5 Å². The number of rotatable bonds is 3. The van der Waals surface area contributed by atoms with E-state index in [-0.39, 0.29) is 0 Å². The molecule has 12 heavy (non-hydrogen) atoms. The number of pyridine rings is 1. The number of hydrogen-bond acceptors (Lipinski definition) is 2. The molecule has 1 heterocycles. The van der Waals surface area contributed by atoms with Crippen LogP contribution in [-0.4, -0.2) is 11.0 Å². The van der Waals surface area contributed by atoms with E-state index in [9.17, 15) is 0 Å². The molecule has 1 aromatic rings. The molecule has 64 valence electrons. The van der Waals surface area contributed by atoms with Crippen molar-refractivity contribution in [2.24, 2.45) is 0 Å². The second-order valence-corrected chi connectivity index (χ2v) is 3.98. The standard InChI is InChI=1S/C9H11BrN2/c10-9-6-11-4-3-7(9)5-12-8-1-2-8/h3-4,6,8,12H,1-2,5H2. The van der Waals surface area contributed by atoms with E-state index in [1.54, 1.807) is 0 Å². The Balaban J connectivity index is 1.96. The smallest absolute Gasteiger partial charge is 0.0413 e. The van der Waals surface area contributed by atoms with Crippen LogP contribution in [0.2, 0.25) is 0 Å². The molecule has 1 aliphatic rings. The maximum atomic E-state index is 4.01. The highest BCUT2D eigenvalue weighted by Crippen LogP contribution is 2.20. The molecule has 0 unspecified atom stereocenters. The van der Waals surface area contributed by atoms with E-state index < -0.39 is 0 Å². The van der Waals surface area contributed by atoms with Crippen LogP contribution in [0.5, 0.6) is 0 Å². The van der Waals surface area contributed by atoms with Crippen molar-refractivity contribution in [1.82, 2.24) is 10.3 Å². The van der Waals surface area contributed by atoms with Gasteiger partial charge in [-0.05, 0) is 40.4 Å². The molecule has 1 fully saturated rings. The molecule has 1 N–H and O–H groups in total.